The molecule has 1 atom stereocenters. The van der Waals surface area contributed by atoms with E-state index in [1.807, 2.05) is 0 Å². The van der Waals surface area contributed by atoms with Crippen molar-refractivity contribution in [3.05, 3.63) is 29.6 Å². The second-order valence-corrected chi connectivity index (χ2v) is 5.84. The van der Waals surface area contributed by atoms with Crippen LogP contribution in [0.15, 0.2) is 23.1 Å². The Morgan fingerprint density at radius 2 is 2.17 bits per heavy atom. The summed E-state index contributed by atoms with van der Waals surface area (Å²) in [7, 11) is -3.80. The van der Waals surface area contributed by atoms with E-state index in [0.717, 1.165) is 6.07 Å². The van der Waals surface area contributed by atoms with Crippen molar-refractivity contribution in [3.8, 4) is 0 Å². The Labute approximate surface area is 106 Å². The molecule has 18 heavy (non-hydrogen) atoms. The first-order chi connectivity index (χ1) is 8.22. The molecule has 1 unspecified atom stereocenters. The van der Waals surface area contributed by atoms with Crippen molar-refractivity contribution < 1.29 is 12.8 Å². The molecule has 0 saturated carbocycles. The van der Waals surface area contributed by atoms with Crippen LogP contribution in [0.2, 0.25) is 0 Å². The predicted molar refractivity (Wildman–Crippen MR) is 67.5 cm³/mol. The van der Waals surface area contributed by atoms with Crippen molar-refractivity contribution in [1.29, 1.82) is 5.41 Å². The third kappa shape index (κ3) is 3.78. The third-order valence-corrected chi connectivity index (χ3v) is 4.05. The molecule has 0 radical (unpaired) electrons. The van der Waals surface area contributed by atoms with Crippen molar-refractivity contribution in [2.45, 2.75) is 31.2 Å². The van der Waals surface area contributed by atoms with Crippen molar-refractivity contribution in [2.75, 3.05) is 0 Å². The van der Waals surface area contributed by atoms with Gasteiger partial charge in [-0.15, -0.1) is 0 Å². The standard InChI is InChI=1S/C11H16FN3O2S/c1-7-3-4-9(12)6-10(7)18(16,17)15-8(2)5-11(13)14/h3-4,6,8,15H,5H2,1-2H3,(H3,13,14). The summed E-state index contributed by atoms with van der Waals surface area (Å²) >= 11 is 0. The second kappa shape index (κ2) is 5.45. The van der Waals surface area contributed by atoms with Crippen LogP contribution in [0, 0.1) is 18.2 Å². The molecule has 0 aliphatic rings. The number of aryl methyl sites for hydroxylation is 1. The smallest absolute Gasteiger partial charge is 0.241 e. The molecule has 0 bridgehead atoms. The molecule has 100 valence electrons. The third-order valence-electron chi connectivity index (χ3n) is 2.32. The van der Waals surface area contributed by atoms with E-state index in [1.165, 1.54) is 12.1 Å². The van der Waals surface area contributed by atoms with Gasteiger partial charge >= 0.3 is 0 Å². The second-order valence-electron chi connectivity index (χ2n) is 4.16. The lowest BCUT2D eigenvalue weighted by Crippen LogP contribution is -2.35. The number of hydrogen-bond donors (Lipinski definition) is 3. The van der Waals surface area contributed by atoms with Gasteiger partial charge in [-0.25, -0.2) is 17.5 Å². The van der Waals surface area contributed by atoms with E-state index in [2.05, 4.69) is 4.72 Å². The molecular formula is C11H16FN3O2S. The highest BCUT2D eigenvalue weighted by Gasteiger charge is 2.20. The number of hydrogen-bond acceptors (Lipinski definition) is 3. The molecule has 1 rings (SSSR count). The Balaban J connectivity index is 2.99. The van der Waals surface area contributed by atoms with E-state index in [-0.39, 0.29) is 17.2 Å². The number of nitrogens with two attached hydrogens (primary N) is 1. The molecule has 0 saturated heterocycles. The number of benzene rings is 1. The zero-order valence-corrected chi connectivity index (χ0v) is 11.0. The zero-order valence-electron chi connectivity index (χ0n) is 10.2. The van der Waals surface area contributed by atoms with Crippen LogP contribution in [-0.2, 0) is 10.0 Å². The first-order valence-electron chi connectivity index (χ1n) is 5.34. The summed E-state index contributed by atoms with van der Waals surface area (Å²) in [4.78, 5) is -0.0992. The van der Waals surface area contributed by atoms with Crippen LogP contribution in [-0.4, -0.2) is 20.3 Å². The van der Waals surface area contributed by atoms with Crippen molar-refractivity contribution in [1.82, 2.24) is 4.72 Å². The van der Waals surface area contributed by atoms with Gasteiger partial charge in [0.25, 0.3) is 0 Å². The van der Waals surface area contributed by atoms with Gasteiger partial charge in [0.1, 0.15) is 5.82 Å². The van der Waals surface area contributed by atoms with Crippen molar-refractivity contribution >= 4 is 15.9 Å². The number of sulfonamides is 1. The monoisotopic (exact) mass is 273 g/mol. The minimum atomic E-state index is -3.80. The summed E-state index contributed by atoms with van der Waals surface area (Å²) in [5.41, 5.74) is 5.65. The van der Waals surface area contributed by atoms with Gasteiger partial charge in [-0.2, -0.15) is 0 Å². The first-order valence-corrected chi connectivity index (χ1v) is 6.82. The molecular weight excluding hydrogens is 257 g/mol. The predicted octanol–water partition coefficient (Wildman–Crippen LogP) is 1.13. The van der Waals surface area contributed by atoms with Crippen LogP contribution in [0.5, 0.6) is 0 Å². The maximum atomic E-state index is 13.1. The summed E-state index contributed by atoms with van der Waals surface area (Å²) in [5, 5.41) is 7.10. The summed E-state index contributed by atoms with van der Waals surface area (Å²) in [6.07, 6.45) is 0.105. The molecule has 1 aromatic carbocycles. The largest absolute Gasteiger partial charge is 0.388 e. The van der Waals surface area contributed by atoms with Gasteiger partial charge in [-0.1, -0.05) is 6.07 Å². The molecule has 0 amide bonds. The Morgan fingerprint density at radius 3 is 2.72 bits per heavy atom. The topological polar surface area (TPSA) is 96.0 Å². The van der Waals surface area contributed by atoms with E-state index in [0.29, 0.717) is 5.56 Å². The van der Waals surface area contributed by atoms with Crippen LogP contribution in [0.1, 0.15) is 18.9 Å². The number of amidine groups is 1. The van der Waals surface area contributed by atoms with Crippen LogP contribution >= 0.6 is 0 Å². The highest BCUT2D eigenvalue weighted by Crippen LogP contribution is 2.16. The number of halogens is 1. The Morgan fingerprint density at radius 1 is 1.56 bits per heavy atom. The van der Waals surface area contributed by atoms with Crippen LogP contribution in [0.3, 0.4) is 0 Å². The minimum absolute atomic E-state index is 0.0992. The fourth-order valence-electron chi connectivity index (χ4n) is 1.56. The van der Waals surface area contributed by atoms with Crippen LogP contribution in [0.4, 0.5) is 4.39 Å². The summed E-state index contributed by atoms with van der Waals surface area (Å²) in [6, 6.07) is 3.06. The fourth-order valence-corrected chi connectivity index (χ4v) is 3.06. The van der Waals surface area contributed by atoms with Gasteiger partial charge in [0.15, 0.2) is 0 Å². The number of nitrogens with one attached hydrogen (secondary N) is 2. The maximum absolute atomic E-state index is 13.1. The summed E-state index contributed by atoms with van der Waals surface area (Å²) in [6.45, 7) is 3.18. The minimum Gasteiger partial charge on any atom is -0.388 e. The number of rotatable bonds is 5. The summed E-state index contributed by atoms with van der Waals surface area (Å²) in [5.74, 6) is -0.721. The first kappa shape index (κ1) is 14.6. The normalized spacial score (nSPS) is 13.3. The average Bonchev–Trinajstić information content (AvgIpc) is 2.19. The highest BCUT2D eigenvalue weighted by atomic mass is 32.2. The van der Waals surface area contributed by atoms with Gasteiger partial charge < -0.3 is 5.73 Å². The molecule has 7 heteroatoms. The lowest BCUT2D eigenvalue weighted by Gasteiger charge is -2.14. The van der Waals surface area contributed by atoms with Gasteiger partial charge in [0, 0.05) is 12.5 Å². The molecule has 0 aromatic heterocycles. The molecule has 1 aromatic rings. The lowest BCUT2D eigenvalue weighted by molar-refractivity contribution is 0.560. The molecule has 0 fully saturated rings. The molecule has 0 aliphatic heterocycles. The lowest BCUT2D eigenvalue weighted by atomic mass is 10.2. The van der Waals surface area contributed by atoms with E-state index in [9.17, 15) is 12.8 Å². The fraction of sp³-hybridized carbons (Fsp3) is 0.364. The molecule has 4 N–H and O–H groups in total. The van der Waals surface area contributed by atoms with E-state index in [4.69, 9.17) is 11.1 Å². The van der Waals surface area contributed by atoms with Gasteiger partial charge in [-0.05, 0) is 31.5 Å². The van der Waals surface area contributed by atoms with E-state index in [1.54, 1.807) is 13.8 Å². The van der Waals surface area contributed by atoms with Gasteiger partial charge in [0.2, 0.25) is 10.0 Å². The quantitative estimate of drug-likeness (QED) is 0.554. The molecule has 0 heterocycles. The Hall–Kier alpha value is -1.47. The van der Waals surface area contributed by atoms with E-state index < -0.39 is 21.9 Å². The van der Waals surface area contributed by atoms with Crippen LogP contribution < -0.4 is 10.5 Å². The van der Waals surface area contributed by atoms with Crippen molar-refractivity contribution in [3.63, 3.8) is 0 Å². The van der Waals surface area contributed by atoms with Gasteiger partial charge in [0.05, 0.1) is 10.7 Å². The van der Waals surface area contributed by atoms with Crippen molar-refractivity contribution in [2.24, 2.45) is 5.73 Å². The zero-order chi connectivity index (χ0) is 13.9. The van der Waals surface area contributed by atoms with E-state index >= 15 is 0 Å². The maximum Gasteiger partial charge on any atom is 0.241 e. The summed E-state index contributed by atoms with van der Waals surface area (Å²) < 4.78 is 39.5. The Kier molecular flexibility index (Phi) is 4.42. The molecule has 0 aliphatic carbocycles. The van der Waals surface area contributed by atoms with Gasteiger partial charge in [-0.3, -0.25) is 5.41 Å². The SMILES string of the molecule is Cc1ccc(F)cc1S(=O)(=O)NC(C)CC(=N)N. The van der Waals surface area contributed by atoms with Crippen LogP contribution in [0.25, 0.3) is 0 Å². The molecule has 0 spiro atoms. The molecule has 5 nitrogen and oxygen atoms in total. The Bertz CT molecular complexity index is 557. The highest BCUT2D eigenvalue weighted by molar-refractivity contribution is 7.89. The average molecular weight is 273 g/mol.